The van der Waals surface area contributed by atoms with Gasteiger partial charge in [0.25, 0.3) is 0 Å². The predicted molar refractivity (Wildman–Crippen MR) is 49.3 cm³/mol. The zero-order chi connectivity index (χ0) is 9.26. The third-order valence-corrected chi connectivity index (χ3v) is 3.36. The second kappa shape index (κ2) is 3.66. The Balaban J connectivity index is 1.94. The lowest BCUT2D eigenvalue weighted by atomic mass is 9.78. The number of rotatable bonds is 1. The van der Waals surface area contributed by atoms with E-state index in [4.69, 9.17) is 4.74 Å². The number of piperidine rings is 1. The Morgan fingerprint density at radius 2 is 2.23 bits per heavy atom. The Labute approximate surface area is 78.8 Å². The van der Waals surface area contributed by atoms with Gasteiger partial charge in [-0.25, -0.2) is 0 Å². The molecule has 3 heteroatoms. The topological polar surface area (TPSA) is 38.3 Å². The maximum Gasteiger partial charge on any atom is 0.220 e. The molecule has 2 rings (SSSR count). The molecule has 1 amide bonds. The molecule has 1 saturated carbocycles. The van der Waals surface area contributed by atoms with Crippen molar-refractivity contribution in [2.45, 2.75) is 44.2 Å². The second-order valence-electron chi connectivity index (χ2n) is 4.14. The lowest BCUT2D eigenvalue weighted by Gasteiger charge is -2.38. The van der Waals surface area contributed by atoms with E-state index < -0.39 is 0 Å². The van der Waals surface area contributed by atoms with Gasteiger partial charge in [0.05, 0.1) is 6.10 Å². The minimum atomic E-state index is 0.233. The highest BCUT2D eigenvalue weighted by atomic mass is 16.5. The minimum Gasteiger partial charge on any atom is -0.381 e. The van der Waals surface area contributed by atoms with Crippen LogP contribution in [-0.4, -0.2) is 25.2 Å². The Kier molecular flexibility index (Phi) is 2.54. The van der Waals surface area contributed by atoms with Gasteiger partial charge in [-0.2, -0.15) is 0 Å². The van der Waals surface area contributed by atoms with Gasteiger partial charge in [0.2, 0.25) is 5.91 Å². The molecule has 0 bridgehead atoms. The molecule has 0 aromatic carbocycles. The third kappa shape index (κ3) is 1.85. The van der Waals surface area contributed by atoms with Crippen molar-refractivity contribution < 1.29 is 9.53 Å². The van der Waals surface area contributed by atoms with Crippen molar-refractivity contribution in [2.24, 2.45) is 5.92 Å². The van der Waals surface area contributed by atoms with E-state index in [0.717, 1.165) is 25.7 Å². The van der Waals surface area contributed by atoms with Gasteiger partial charge in [-0.15, -0.1) is 0 Å². The van der Waals surface area contributed by atoms with Crippen LogP contribution >= 0.6 is 0 Å². The van der Waals surface area contributed by atoms with Gasteiger partial charge in [0, 0.05) is 19.6 Å². The van der Waals surface area contributed by atoms with Crippen molar-refractivity contribution in [2.75, 3.05) is 7.11 Å². The number of hydrogen-bond acceptors (Lipinski definition) is 2. The number of nitrogens with one attached hydrogen (secondary N) is 1. The van der Waals surface area contributed by atoms with Crippen LogP contribution in [0, 0.1) is 5.92 Å². The fourth-order valence-corrected chi connectivity index (χ4v) is 2.54. The summed E-state index contributed by atoms with van der Waals surface area (Å²) in [5, 5.41) is 3.07. The minimum absolute atomic E-state index is 0.233. The molecule has 3 atom stereocenters. The first kappa shape index (κ1) is 9.00. The van der Waals surface area contributed by atoms with Crippen molar-refractivity contribution in [3.05, 3.63) is 0 Å². The summed E-state index contributed by atoms with van der Waals surface area (Å²) in [6, 6.07) is 0.438. The fourth-order valence-electron chi connectivity index (χ4n) is 2.54. The van der Waals surface area contributed by atoms with Crippen LogP contribution in [0.5, 0.6) is 0 Å². The van der Waals surface area contributed by atoms with Crippen molar-refractivity contribution in [1.29, 1.82) is 0 Å². The normalized spacial score (nSPS) is 39.5. The monoisotopic (exact) mass is 183 g/mol. The Hall–Kier alpha value is -0.570. The molecule has 74 valence electrons. The average Bonchev–Trinajstić information content (AvgIpc) is 2.17. The van der Waals surface area contributed by atoms with Gasteiger partial charge in [0.15, 0.2) is 0 Å². The molecule has 0 radical (unpaired) electrons. The molecule has 0 aromatic heterocycles. The highest BCUT2D eigenvalue weighted by Gasteiger charge is 2.34. The van der Waals surface area contributed by atoms with Gasteiger partial charge in [-0.3, -0.25) is 4.79 Å². The van der Waals surface area contributed by atoms with Crippen molar-refractivity contribution in [3.8, 4) is 0 Å². The number of methoxy groups -OCH3 is 1. The summed E-state index contributed by atoms with van der Waals surface area (Å²) in [5.74, 6) is 0.897. The molecule has 2 aliphatic rings. The van der Waals surface area contributed by atoms with Crippen LogP contribution in [0.15, 0.2) is 0 Å². The second-order valence-corrected chi connectivity index (χ2v) is 4.14. The molecule has 1 saturated heterocycles. The highest BCUT2D eigenvalue weighted by molar-refractivity contribution is 5.77. The fraction of sp³-hybridized carbons (Fsp3) is 0.900. The first-order valence-electron chi connectivity index (χ1n) is 5.11. The summed E-state index contributed by atoms with van der Waals surface area (Å²) in [6.45, 7) is 0. The molecule has 1 N–H and O–H groups in total. The SMILES string of the molecule is COC1CCC2NC(=O)CCC2C1. The summed E-state index contributed by atoms with van der Waals surface area (Å²) in [5.41, 5.74) is 0. The van der Waals surface area contributed by atoms with Crippen LogP contribution in [0.25, 0.3) is 0 Å². The lowest BCUT2D eigenvalue weighted by Crippen LogP contribution is -2.48. The van der Waals surface area contributed by atoms with E-state index in [1.165, 1.54) is 0 Å². The van der Waals surface area contributed by atoms with E-state index in [2.05, 4.69) is 5.32 Å². The zero-order valence-corrected chi connectivity index (χ0v) is 8.08. The molecule has 2 fully saturated rings. The molecule has 0 spiro atoms. The number of carbonyl (C=O) groups excluding carboxylic acids is 1. The largest absolute Gasteiger partial charge is 0.381 e. The van der Waals surface area contributed by atoms with Crippen LogP contribution in [0.1, 0.15) is 32.1 Å². The molecule has 3 unspecified atom stereocenters. The summed E-state index contributed by atoms with van der Waals surface area (Å²) >= 11 is 0. The Morgan fingerprint density at radius 1 is 1.38 bits per heavy atom. The quantitative estimate of drug-likeness (QED) is 0.660. The summed E-state index contributed by atoms with van der Waals surface area (Å²) in [7, 11) is 1.78. The molecule has 1 heterocycles. The van der Waals surface area contributed by atoms with E-state index in [9.17, 15) is 4.79 Å². The zero-order valence-electron chi connectivity index (χ0n) is 8.08. The average molecular weight is 183 g/mol. The molecule has 1 aliphatic heterocycles. The Morgan fingerprint density at radius 3 is 3.00 bits per heavy atom. The molecule has 0 aromatic rings. The number of amides is 1. The highest BCUT2D eigenvalue weighted by Crippen LogP contribution is 2.32. The van der Waals surface area contributed by atoms with Crippen molar-refractivity contribution in [1.82, 2.24) is 5.32 Å². The maximum atomic E-state index is 11.1. The first-order valence-corrected chi connectivity index (χ1v) is 5.11. The number of carbonyl (C=O) groups is 1. The van der Waals surface area contributed by atoms with Crippen LogP contribution < -0.4 is 5.32 Å². The van der Waals surface area contributed by atoms with Gasteiger partial charge < -0.3 is 10.1 Å². The summed E-state index contributed by atoms with van der Waals surface area (Å²) in [6.07, 6.45) is 5.50. The molecular formula is C10H17NO2. The predicted octanol–water partition coefficient (Wildman–Crippen LogP) is 1.08. The van der Waals surface area contributed by atoms with Crippen molar-refractivity contribution >= 4 is 5.91 Å². The number of ether oxygens (including phenoxy) is 1. The van der Waals surface area contributed by atoms with Crippen molar-refractivity contribution in [3.63, 3.8) is 0 Å². The van der Waals surface area contributed by atoms with E-state index >= 15 is 0 Å². The van der Waals surface area contributed by atoms with Crippen LogP contribution in [0.4, 0.5) is 0 Å². The maximum absolute atomic E-state index is 11.1. The number of fused-ring (bicyclic) bond motifs is 1. The number of hydrogen-bond donors (Lipinski definition) is 1. The van der Waals surface area contributed by atoms with Gasteiger partial charge in [-0.05, 0) is 31.6 Å². The van der Waals surface area contributed by atoms with E-state index in [1.54, 1.807) is 7.11 Å². The standard InChI is InChI=1S/C10H17NO2/c1-13-8-3-4-9-7(6-8)2-5-10(12)11-9/h7-9H,2-6H2,1H3,(H,11,12). The van der Waals surface area contributed by atoms with Crippen LogP contribution in [0.3, 0.4) is 0 Å². The molecular weight excluding hydrogens is 166 g/mol. The first-order chi connectivity index (χ1) is 6.29. The van der Waals surface area contributed by atoms with Gasteiger partial charge in [-0.1, -0.05) is 0 Å². The molecule has 13 heavy (non-hydrogen) atoms. The molecule has 3 nitrogen and oxygen atoms in total. The lowest BCUT2D eigenvalue weighted by molar-refractivity contribution is -0.125. The van der Waals surface area contributed by atoms with Crippen LogP contribution in [-0.2, 0) is 9.53 Å². The smallest absolute Gasteiger partial charge is 0.220 e. The van der Waals surface area contributed by atoms with E-state index in [0.29, 0.717) is 24.5 Å². The third-order valence-electron chi connectivity index (χ3n) is 3.36. The van der Waals surface area contributed by atoms with E-state index in [-0.39, 0.29) is 5.91 Å². The van der Waals surface area contributed by atoms with Gasteiger partial charge >= 0.3 is 0 Å². The molecule has 1 aliphatic carbocycles. The van der Waals surface area contributed by atoms with Gasteiger partial charge in [0.1, 0.15) is 0 Å². The summed E-state index contributed by atoms with van der Waals surface area (Å²) < 4.78 is 5.35. The van der Waals surface area contributed by atoms with E-state index in [1.807, 2.05) is 0 Å². The van der Waals surface area contributed by atoms with Crippen LogP contribution in [0.2, 0.25) is 0 Å². The Bertz CT molecular complexity index is 205. The summed E-state index contributed by atoms with van der Waals surface area (Å²) in [4.78, 5) is 11.1.